The molecule has 0 bridgehead atoms. The Morgan fingerprint density at radius 2 is 2.44 bits per heavy atom. The second kappa shape index (κ2) is 5.93. The number of pyridine rings is 1. The molecular weight excluding hydrogens is 230 g/mol. The van der Waals surface area contributed by atoms with Gasteiger partial charge in [0.05, 0.1) is 12.8 Å². The molecule has 1 fully saturated rings. The first-order valence-electron chi connectivity index (χ1n) is 6.19. The molecule has 1 aromatic rings. The van der Waals surface area contributed by atoms with E-state index in [0.29, 0.717) is 11.7 Å². The molecule has 1 aliphatic heterocycles. The van der Waals surface area contributed by atoms with Crippen molar-refractivity contribution in [1.29, 1.82) is 0 Å². The molecule has 2 heterocycles. The zero-order chi connectivity index (χ0) is 13.0. The van der Waals surface area contributed by atoms with Gasteiger partial charge in [-0.15, -0.1) is 0 Å². The average molecular weight is 249 g/mol. The van der Waals surface area contributed by atoms with Gasteiger partial charge < -0.3 is 10.1 Å². The van der Waals surface area contributed by atoms with Crippen molar-refractivity contribution in [2.45, 2.75) is 19.5 Å². The van der Waals surface area contributed by atoms with Crippen LogP contribution >= 0.6 is 0 Å². The molecule has 0 spiro atoms. The maximum absolute atomic E-state index is 11.4. The number of hydrogen-bond donors (Lipinski definition) is 1. The van der Waals surface area contributed by atoms with Crippen molar-refractivity contribution < 1.29 is 9.53 Å². The van der Waals surface area contributed by atoms with E-state index in [4.69, 9.17) is 0 Å². The molecule has 98 valence electrons. The van der Waals surface area contributed by atoms with Gasteiger partial charge in [0.1, 0.15) is 5.69 Å². The van der Waals surface area contributed by atoms with Crippen LogP contribution in [-0.2, 0) is 11.3 Å². The van der Waals surface area contributed by atoms with Gasteiger partial charge in [0.25, 0.3) is 0 Å². The van der Waals surface area contributed by atoms with E-state index in [-0.39, 0.29) is 5.97 Å². The number of methoxy groups -OCH3 is 1. The molecule has 0 radical (unpaired) electrons. The number of nitrogens with one attached hydrogen (secondary N) is 1. The SMILES string of the molecule is COC(=O)c1cccc(CN2CCN[C@H](C)C2)n1. The maximum Gasteiger partial charge on any atom is 0.356 e. The Kier molecular flexibility index (Phi) is 4.28. The number of esters is 1. The highest BCUT2D eigenvalue weighted by molar-refractivity contribution is 5.87. The van der Waals surface area contributed by atoms with Gasteiger partial charge in [-0.3, -0.25) is 4.90 Å². The normalized spacial score (nSPS) is 20.7. The zero-order valence-electron chi connectivity index (χ0n) is 10.8. The van der Waals surface area contributed by atoms with E-state index in [1.807, 2.05) is 12.1 Å². The van der Waals surface area contributed by atoms with Gasteiger partial charge in [-0.1, -0.05) is 6.07 Å². The highest BCUT2D eigenvalue weighted by Crippen LogP contribution is 2.07. The van der Waals surface area contributed by atoms with E-state index in [0.717, 1.165) is 31.9 Å². The van der Waals surface area contributed by atoms with Gasteiger partial charge in [0.2, 0.25) is 0 Å². The molecule has 0 amide bonds. The standard InChI is InChI=1S/C13H19N3O2/c1-10-8-16(7-6-14-10)9-11-4-3-5-12(15-11)13(17)18-2/h3-5,10,14H,6-9H2,1-2H3/t10-/m1/s1. The molecule has 0 aromatic carbocycles. The van der Waals surface area contributed by atoms with Crippen LogP contribution in [0.3, 0.4) is 0 Å². The second-order valence-corrected chi connectivity index (χ2v) is 4.60. The summed E-state index contributed by atoms with van der Waals surface area (Å²) in [6, 6.07) is 5.97. The predicted molar refractivity (Wildman–Crippen MR) is 68.3 cm³/mol. The lowest BCUT2D eigenvalue weighted by Crippen LogP contribution is -2.48. The van der Waals surface area contributed by atoms with Gasteiger partial charge in [-0.25, -0.2) is 9.78 Å². The fourth-order valence-corrected chi connectivity index (χ4v) is 2.17. The Bertz CT molecular complexity index is 422. The number of carbonyl (C=O) groups excluding carboxylic acids is 1. The molecule has 5 nitrogen and oxygen atoms in total. The van der Waals surface area contributed by atoms with E-state index in [9.17, 15) is 4.79 Å². The molecule has 1 aromatic heterocycles. The van der Waals surface area contributed by atoms with Crippen molar-refractivity contribution in [3.05, 3.63) is 29.6 Å². The van der Waals surface area contributed by atoms with E-state index >= 15 is 0 Å². The minimum absolute atomic E-state index is 0.373. The van der Waals surface area contributed by atoms with Gasteiger partial charge in [-0.2, -0.15) is 0 Å². The zero-order valence-corrected chi connectivity index (χ0v) is 10.8. The number of aromatic nitrogens is 1. The minimum Gasteiger partial charge on any atom is -0.464 e. The summed E-state index contributed by atoms with van der Waals surface area (Å²) < 4.78 is 4.67. The number of carbonyl (C=O) groups is 1. The van der Waals surface area contributed by atoms with Crippen LogP contribution in [-0.4, -0.2) is 48.6 Å². The molecule has 5 heteroatoms. The van der Waals surface area contributed by atoms with Crippen molar-refractivity contribution in [2.75, 3.05) is 26.7 Å². The van der Waals surface area contributed by atoms with Crippen molar-refractivity contribution in [2.24, 2.45) is 0 Å². The van der Waals surface area contributed by atoms with Crippen molar-refractivity contribution in [3.63, 3.8) is 0 Å². The Morgan fingerprint density at radius 3 is 3.17 bits per heavy atom. The van der Waals surface area contributed by atoms with E-state index in [1.165, 1.54) is 7.11 Å². The molecule has 0 aliphatic carbocycles. The van der Waals surface area contributed by atoms with Crippen molar-refractivity contribution >= 4 is 5.97 Å². The Labute approximate surface area is 107 Å². The lowest BCUT2D eigenvalue weighted by molar-refractivity contribution is 0.0593. The van der Waals surface area contributed by atoms with E-state index < -0.39 is 0 Å². The van der Waals surface area contributed by atoms with Crippen LogP contribution in [0.15, 0.2) is 18.2 Å². The summed E-state index contributed by atoms with van der Waals surface area (Å²) in [6.45, 7) is 5.96. The molecule has 2 rings (SSSR count). The highest BCUT2D eigenvalue weighted by Gasteiger charge is 2.16. The smallest absolute Gasteiger partial charge is 0.356 e. The van der Waals surface area contributed by atoms with Crippen LogP contribution in [0.5, 0.6) is 0 Å². The topological polar surface area (TPSA) is 54.5 Å². The Hall–Kier alpha value is -1.46. The molecular formula is C13H19N3O2. The average Bonchev–Trinajstić information content (AvgIpc) is 2.38. The number of rotatable bonds is 3. The van der Waals surface area contributed by atoms with Gasteiger partial charge in [0.15, 0.2) is 0 Å². The molecule has 1 saturated heterocycles. The fraction of sp³-hybridized carbons (Fsp3) is 0.538. The number of nitrogens with zero attached hydrogens (tertiary/aromatic N) is 2. The molecule has 18 heavy (non-hydrogen) atoms. The monoisotopic (exact) mass is 249 g/mol. The quantitative estimate of drug-likeness (QED) is 0.798. The lowest BCUT2D eigenvalue weighted by atomic mass is 10.2. The molecule has 0 saturated carbocycles. The first kappa shape index (κ1) is 13.0. The second-order valence-electron chi connectivity index (χ2n) is 4.60. The van der Waals surface area contributed by atoms with Crippen LogP contribution in [0.4, 0.5) is 0 Å². The summed E-state index contributed by atoms with van der Waals surface area (Å²) in [4.78, 5) is 18.1. The van der Waals surface area contributed by atoms with Crippen molar-refractivity contribution in [1.82, 2.24) is 15.2 Å². The van der Waals surface area contributed by atoms with E-state index in [2.05, 4.69) is 26.9 Å². The summed E-state index contributed by atoms with van der Waals surface area (Å²) in [5.41, 5.74) is 1.28. The highest BCUT2D eigenvalue weighted by atomic mass is 16.5. The number of ether oxygens (including phenoxy) is 1. The summed E-state index contributed by atoms with van der Waals surface area (Å²) in [6.07, 6.45) is 0. The third kappa shape index (κ3) is 3.27. The van der Waals surface area contributed by atoms with Crippen LogP contribution in [0, 0.1) is 0 Å². The fourth-order valence-electron chi connectivity index (χ4n) is 2.17. The van der Waals surface area contributed by atoms with Crippen LogP contribution in [0.1, 0.15) is 23.1 Å². The van der Waals surface area contributed by atoms with Crippen LogP contribution in [0.25, 0.3) is 0 Å². The third-order valence-corrected chi connectivity index (χ3v) is 3.04. The van der Waals surface area contributed by atoms with Gasteiger partial charge in [-0.05, 0) is 19.1 Å². The summed E-state index contributed by atoms with van der Waals surface area (Å²) >= 11 is 0. The summed E-state index contributed by atoms with van der Waals surface area (Å²) in [5, 5.41) is 3.40. The van der Waals surface area contributed by atoms with Crippen molar-refractivity contribution in [3.8, 4) is 0 Å². The summed E-state index contributed by atoms with van der Waals surface area (Å²) in [5.74, 6) is -0.384. The summed E-state index contributed by atoms with van der Waals surface area (Å²) in [7, 11) is 1.37. The van der Waals surface area contributed by atoms with Gasteiger partial charge >= 0.3 is 5.97 Å². The third-order valence-electron chi connectivity index (χ3n) is 3.04. The molecule has 1 atom stereocenters. The largest absolute Gasteiger partial charge is 0.464 e. The lowest BCUT2D eigenvalue weighted by Gasteiger charge is -2.31. The maximum atomic E-state index is 11.4. The van der Waals surface area contributed by atoms with Crippen LogP contribution in [0.2, 0.25) is 0 Å². The van der Waals surface area contributed by atoms with E-state index in [1.54, 1.807) is 6.07 Å². The molecule has 0 unspecified atom stereocenters. The first-order valence-corrected chi connectivity index (χ1v) is 6.19. The first-order chi connectivity index (χ1) is 8.69. The number of hydrogen-bond acceptors (Lipinski definition) is 5. The predicted octanol–water partition coefficient (Wildman–Crippen LogP) is 0.662. The Balaban J connectivity index is 2.02. The van der Waals surface area contributed by atoms with Crippen LogP contribution < -0.4 is 5.32 Å². The van der Waals surface area contributed by atoms with Gasteiger partial charge in [0, 0.05) is 32.2 Å². The molecule has 1 N–H and O–H groups in total. The number of piperazine rings is 1. The molecule has 1 aliphatic rings. The Morgan fingerprint density at radius 1 is 1.61 bits per heavy atom. The minimum atomic E-state index is -0.384.